The van der Waals surface area contributed by atoms with E-state index in [0.717, 1.165) is 38.3 Å². The lowest BCUT2D eigenvalue weighted by Crippen LogP contribution is -2.45. The fourth-order valence-electron chi connectivity index (χ4n) is 2.32. The summed E-state index contributed by atoms with van der Waals surface area (Å²) in [5.41, 5.74) is 1.74. The summed E-state index contributed by atoms with van der Waals surface area (Å²) in [5.74, 6) is 0.146. The molecule has 0 aromatic heterocycles. The summed E-state index contributed by atoms with van der Waals surface area (Å²) < 4.78 is 0. The number of hydrogen-bond donors (Lipinski definition) is 0. The molecule has 1 heterocycles. The zero-order valence-electron chi connectivity index (χ0n) is 11.7. The van der Waals surface area contributed by atoms with Gasteiger partial charge in [0, 0.05) is 44.7 Å². The predicted molar refractivity (Wildman–Crippen MR) is 79.1 cm³/mol. The van der Waals surface area contributed by atoms with E-state index in [2.05, 4.69) is 16.8 Å². The average Bonchev–Trinajstić information content (AvgIpc) is 2.40. The quantitative estimate of drug-likeness (QED) is 0.792. The molecule has 1 saturated heterocycles. The Labute approximate surface area is 120 Å². The molecule has 1 aromatic rings. The van der Waals surface area contributed by atoms with Gasteiger partial charge in [-0.1, -0.05) is 23.2 Å². The van der Waals surface area contributed by atoms with Crippen molar-refractivity contribution < 1.29 is 4.79 Å². The van der Waals surface area contributed by atoms with Crippen LogP contribution in [0.1, 0.15) is 22.3 Å². The van der Waals surface area contributed by atoms with Gasteiger partial charge in [-0.25, -0.2) is 0 Å². The van der Waals surface area contributed by atoms with Gasteiger partial charge in [0.1, 0.15) is 0 Å². The highest BCUT2D eigenvalue weighted by Crippen LogP contribution is 2.19. The van der Waals surface area contributed by atoms with Crippen LogP contribution >= 0.6 is 11.6 Å². The standard InChI is InChI=1S/C15H21ClN2O/c1-12-3-4-14(16)13(11-12)15(19)5-6-18-9-7-17(2)8-10-18/h3-4,11H,5-10H2,1-2H3. The van der Waals surface area contributed by atoms with Gasteiger partial charge in [-0.2, -0.15) is 0 Å². The summed E-state index contributed by atoms with van der Waals surface area (Å²) >= 11 is 6.09. The smallest absolute Gasteiger partial charge is 0.165 e. The molecule has 0 amide bonds. The van der Waals surface area contributed by atoms with Gasteiger partial charge in [0.2, 0.25) is 0 Å². The van der Waals surface area contributed by atoms with Gasteiger partial charge in [0.15, 0.2) is 5.78 Å². The van der Waals surface area contributed by atoms with Crippen LogP contribution in [-0.4, -0.2) is 55.4 Å². The van der Waals surface area contributed by atoms with Crippen LogP contribution in [0.25, 0.3) is 0 Å². The van der Waals surface area contributed by atoms with E-state index in [4.69, 9.17) is 11.6 Å². The van der Waals surface area contributed by atoms with Crippen LogP contribution in [-0.2, 0) is 0 Å². The molecule has 104 valence electrons. The number of hydrogen-bond acceptors (Lipinski definition) is 3. The molecule has 0 aliphatic carbocycles. The lowest BCUT2D eigenvalue weighted by molar-refractivity contribution is 0.0942. The van der Waals surface area contributed by atoms with Crippen LogP contribution < -0.4 is 0 Å². The van der Waals surface area contributed by atoms with Gasteiger partial charge in [-0.3, -0.25) is 4.79 Å². The largest absolute Gasteiger partial charge is 0.304 e. The second kappa shape index (κ2) is 6.51. The van der Waals surface area contributed by atoms with Gasteiger partial charge in [0.25, 0.3) is 0 Å². The normalized spacial score (nSPS) is 17.6. The zero-order valence-corrected chi connectivity index (χ0v) is 12.4. The Bertz CT molecular complexity index is 453. The third-order valence-electron chi connectivity index (χ3n) is 3.67. The van der Waals surface area contributed by atoms with E-state index in [-0.39, 0.29) is 5.78 Å². The van der Waals surface area contributed by atoms with Crippen molar-refractivity contribution in [2.24, 2.45) is 0 Å². The Morgan fingerprint density at radius 1 is 1.26 bits per heavy atom. The fraction of sp³-hybridized carbons (Fsp3) is 0.533. The predicted octanol–water partition coefficient (Wildman–Crippen LogP) is 2.47. The summed E-state index contributed by atoms with van der Waals surface area (Å²) in [5, 5.41) is 0.564. The number of nitrogens with zero attached hydrogens (tertiary/aromatic N) is 2. The number of carbonyl (C=O) groups is 1. The number of benzene rings is 1. The number of likely N-dealkylation sites (N-methyl/N-ethyl adjacent to an activating group) is 1. The van der Waals surface area contributed by atoms with Crippen LogP contribution in [0.2, 0.25) is 5.02 Å². The molecule has 1 fully saturated rings. The third kappa shape index (κ3) is 4.03. The van der Waals surface area contributed by atoms with Crippen molar-refractivity contribution in [3.63, 3.8) is 0 Å². The molecule has 0 N–H and O–H groups in total. The maximum atomic E-state index is 12.2. The number of rotatable bonds is 4. The van der Waals surface area contributed by atoms with Gasteiger partial charge >= 0.3 is 0 Å². The third-order valence-corrected chi connectivity index (χ3v) is 4.00. The summed E-state index contributed by atoms with van der Waals surface area (Å²) in [7, 11) is 2.13. The Morgan fingerprint density at radius 2 is 1.95 bits per heavy atom. The van der Waals surface area contributed by atoms with Crippen LogP contribution in [0.5, 0.6) is 0 Å². The number of ketones is 1. The first-order valence-electron chi connectivity index (χ1n) is 6.76. The molecule has 0 unspecified atom stereocenters. The second-order valence-corrected chi connectivity index (χ2v) is 5.71. The van der Waals surface area contributed by atoms with E-state index in [0.29, 0.717) is 17.0 Å². The van der Waals surface area contributed by atoms with Crippen molar-refractivity contribution in [1.82, 2.24) is 9.80 Å². The molecule has 2 rings (SSSR count). The first-order valence-corrected chi connectivity index (χ1v) is 7.14. The van der Waals surface area contributed by atoms with Crippen molar-refractivity contribution in [2.75, 3.05) is 39.8 Å². The molecular formula is C15H21ClN2O. The molecule has 4 heteroatoms. The van der Waals surface area contributed by atoms with E-state index < -0.39 is 0 Å². The molecule has 0 radical (unpaired) electrons. The second-order valence-electron chi connectivity index (χ2n) is 5.30. The number of Topliss-reactive ketones (excluding diaryl/α,β-unsaturated/α-hetero) is 1. The highest BCUT2D eigenvalue weighted by atomic mass is 35.5. The fourth-order valence-corrected chi connectivity index (χ4v) is 2.54. The van der Waals surface area contributed by atoms with Crippen molar-refractivity contribution in [2.45, 2.75) is 13.3 Å². The summed E-state index contributed by atoms with van der Waals surface area (Å²) in [6, 6.07) is 5.62. The molecule has 1 aliphatic heterocycles. The Balaban J connectivity index is 1.89. The van der Waals surface area contributed by atoms with Crippen molar-refractivity contribution in [3.05, 3.63) is 34.3 Å². The minimum Gasteiger partial charge on any atom is -0.304 e. The highest BCUT2D eigenvalue weighted by molar-refractivity contribution is 6.34. The molecule has 19 heavy (non-hydrogen) atoms. The molecule has 1 aromatic carbocycles. The molecule has 0 bridgehead atoms. The Kier molecular flexibility index (Phi) is 4.97. The van der Waals surface area contributed by atoms with Gasteiger partial charge in [-0.05, 0) is 26.1 Å². The van der Waals surface area contributed by atoms with E-state index in [1.165, 1.54) is 0 Å². The summed E-state index contributed by atoms with van der Waals surface area (Å²) in [6.07, 6.45) is 0.548. The lowest BCUT2D eigenvalue weighted by Gasteiger charge is -2.32. The number of aryl methyl sites for hydroxylation is 1. The minimum atomic E-state index is 0.146. The first-order chi connectivity index (χ1) is 9.06. The van der Waals surface area contributed by atoms with E-state index in [9.17, 15) is 4.79 Å². The van der Waals surface area contributed by atoms with Crippen molar-refractivity contribution in [1.29, 1.82) is 0 Å². The van der Waals surface area contributed by atoms with Crippen LogP contribution in [0.3, 0.4) is 0 Å². The molecule has 0 spiro atoms. The average molecular weight is 281 g/mol. The Hall–Kier alpha value is -0.900. The molecule has 3 nitrogen and oxygen atoms in total. The summed E-state index contributed by atoms with van der Waals surface area (Å²) in [4.78, 5) is 16.9. The van der Waals surface area contributed by atoms with E-state index in [1.807, 2.05) is 19.1 Å². The van der Waals surface area contributed by atoms with Crippen molar-refractivity contribution >= 4 is 17.4 Å². The maximum Gasteiger partial charge on any atom is 0.165 e. The van der Waals surface area contributed by atoms with E-state index >= 15 is 0 Å². The summed E-state index contributed by atoms with van der Waals surface area (Å²) in [6.45, 7) is 7.07. The highest BCUT2D eigenvalue weighted by Gasteiger charge is 2.16. The molecule has 1 aliphatic rings. The monoisotopic (exact) mass is 280 g/mol. The zero-order chi connectivity index (χ0) is 13.8. The van der Waals surface area contributed by atoms with Gasteiger partial charge in [0.05, 0.1) is 5.02 Å². The maximum absolute atomic E-state index is 12.2. The molecule has 0 saturated carbocycles. The van der Waals surface area contributed by atoms with E-state index in [1.54, 1.807) is 6.07 Å². The first kappa shape index (κ1) is 14.5. The van der Waals surface area contributed by atoms with Crippen LogP contribution in [0.4, 0.5) is 0 Å². The minimum absolute atomic E-state index is 0.146. The van der Waals surface area contributed by atoms with Crippen LogP contribution in [0, 0.1) is 6.92 Å². The Morgan fingerprint density at radius 3 is 2.63 bits per heavy atom. The number of halogens is 1. The topological polar surface area (TPSA) is 23.6 Å². The lowest BCUT2D eigenvalue weighted by atomic mass is 10.1. The molecular weight excluding hydrogens is 260 g/mol. The van der Waals surface area contributed by atoms with Crippen molar-refractivity contribution in [3.8, 4) is 0 Å². The number of carbonyl (C=O) groups excluding carboxylic acids is 1. The SMILES string of the molecule is Cc1ccc(Cl)c(C(=O)CCN2CCN(C)CC2)c1. The van der Waals surface area contributed by atoms with Gasteiger partial charge in [-0.15, -0.1) is 0 Å². The molecule has 0 atom stereocenters. The number of piperazine rings is 1. The van der Waals surface area contributed by atoms with Crippen LogP contribution in [0.15, 0.2) is 18.2 Å². The van der Waals surface area contributed by atoms with Gasteiger partial charge < -0.3 is 9.80 Å².